The predicted octanol–water partition coefficient (Wildman–Crippen LogP) is 1.74. The van der Waals surface area contributed by atoms with Crippen LogP contribution < -0.4 is 5.69 Å². The van der Waals surface area contributed by atoms with Crippen molar-refractivity contribution in [2.45, 2.75) is 38.3 Å². The number of nitrogens with one attached hydrogen (secondary N) is 1. The maximum Gasteiger partial charge on any atom is 0.326 e. The average molecular weight is 289 g/mol. The van der Waals surface area contributed by atoms with Crippen molar-refractivity contribution >= 4 is 11.0 Å². The third-order valence-corrected chi connectivity index (χ3v) is 4.49. The predicted molar refractivity (Wildman–Crippen MR) is 83.6 cm³/mol. The molecule has 1 atom stereocenters. The van der Waals surface area contributed by atoms with Crippen LogP contribution in [0.3, 0.4) is 0 Å². The second-order valence-corrected chi connectivity index (χ2v) is 5.91. The zero-order valence-corrected chi connectivity index (χ0v) is 12.5. The first-order valence-corrected chi connectivity index (χ1v) is 7.78. The smallest absolute Gasteiger partial charge is 0.326 e. The van der Waals surface area contributed by atoms with Gasteiger partial charge >= 0.3 is 5.69 Å². The van der Waals surface area contributed by atoms with Crippen LogP contribution >= 0.6 is 0 Å². The van der Waals surface area contributed by atoms with Gasteiger partial charge in [-0.2, -0.15) is 0 Å². The second-order valence-electron chi connectivity index (χ2n) is 5.91. The van der Waals surface area contributed by atoms with Crippen LogP contribution in [0, 0.1) is 0 Å². The lowest BCUT2D eigenvalue weighted by Gasteiger charge is -2.33. The first-order chi connectivity index (χ1) is 10.2. The molecule has 21 heavy (non-hydrogen) atoms. The summed E-state index contributed by atoms with van der Waals surface area (Å²) in [5.41, 5.74) is 1.89. The minimum Gasteiger partial charge on any atom is -0.392 e. The van der Waals surface area contributed by atoms with Crippen LogP contribution in [-0.2, 0) is 0 Å². The minimum atomic E-state index is -0.239. The fraction of sp³-hybridized carbons (Fsp3) is 0.562. The van der Waals surface area contributed by atoms with Crippen molar-refractivity contribution in [2.75, 3.05) is 19.6 Å². The molecule has 1 fully saturated rings. The molecule has 1 aliphatic rings. The summed E-state index contributed by atoms with van der Waals surface area (Å²) in [6.07, 6.45) is 2.47. The highest BCUT2D eigenvalue weighted by molar-refractivity contribution is 5.75. The topological polar surface area (TPSA) is 61.3 Å². The molecule has 2 N–H and O–H groups in total. The molecular weight excluding hydrogens is 266 g/mol. The SMILES string of the molecule is CCC(O)CN1CCC(n2c(=O)[nH]c3ccccc32)CC1. The van der Waals surface area contributed by atoms with Crippen molar-refractivity contribution in [2.24, 2.45) is 0 Å². The molecule has 5 heteroatoms. The summed E-state index contributed by atoms with van der Waals surface area (Å²) < 4.78 is 1.91. The Bertz CT molecular complexity index is 653. The normalized spacial score (nSPS) is 19.1. The Morgan fingerprint density at radius 3 is 2.76 bits per heavy atom. The van der Waals surface area contributed by atoms with Crippen molar-refractivity contribution in [1.82, 2.24) is 14.5 Å². The van der Waals surface area contributed by atoms with Crippen molar-refractivity contribution in [3.05, 3.63) is 34.7 Å². The lowest BCUT2D eigenvalue weighted by Crippen LogP contribution is -2.40. The number of nitrogens with zero attached hydrogens (tertiary/aromatic N) is 2. The van der Waals surface area contributed by atoms with Crippen LogP contribution in [0.2, 0.25) is 0 Å². The van der Waals surface area contributed by atoms with E-state index in [9.17, 15) is 9.90 Å². The molecule has 0 saturated carbocycles. The zero-order valence-electron chi connectivity index (χ0n) is 12.5. The molecule has 0 amide bonds. The number of hydrogen-bond acceptors (Lipinski definition) is 3. The number of benzene rings is 1. The van der Waals surface area contributed by atoms with E-state index in [1.54, 1.807) is 0 Å². The van der Waals surface area contributed by atoms with E-state index in [0.717, 1.165) is 49.9 Å². The molecule has 1 unspecified atom stereocenters. The number of imidazole rings is 1. The maximum absolute atomic E-state index is 12.2. The van der Waals surface area contributed by atoms with Crippen LogP contribution in [0.5, 0.6) is 0 Å². The quantitative estimate of drug-likeness (QED) is 0.901. The summed E-state index contributed by atoms with van der Waals surface area (Å²) in [7, 11) is 0. The zero-order chi connectivity index (χ0) is 14.8. The number of aromatic nitrogens is 2. The number of β-amino-alcohol motifs (C(OH)–C–C–N with tert-alkyl or cyclic N) is 1. The molecule has 1 saturated heterocycles. The Morgan fingerprint density at radius 1 is 1.33 bits per heavy atom. The number of para-hydroxylation sites is 2. The number of piperidine rings is 1. The first-order valence-electron chi connectivity index (χ1n) is 7.78. The van der Waals surface area contributed by atoms with E-state index in [2.05, 4.69) is 9.88 Å². The molecule has 2 aromatic rings. The van der Waals surface area contributed by atoms with Gasteiger partial charge in [0.25, 0.3) is 0 Å². The van der Waals surface area contributed by atoms with Crippen LogP contribution in [0.4, 0.5) is 0 Å². The minimum absolute atomic E-state index is 0.0109. The highest BCUT2D eigenvalue weighted by Crippen LogP contribution is 2.24. The van der Waals surface area contributed by atoms with Crippen molar-refractivity contribution in [1.29, 1.82) is 0 Å². The Hall–Kier alpha value is -1.59. The highest BCUT2D eigenvalue weighted by atomic mass is 16.3. The van der Waals surface area contributed by atoms with Crippen LogP contribution in [0.15, 0.2) is 29.1 Å². The van der Waals surface area contributed by atoms with Crippen LogP contribution in [0.1, 0.15) is 32.2 Å². The molecule has 0 aliphatic carbocycles. The number of aliphatic hydroxyl groups is 1. The summed E-state index contributed by atoms with van der Waals surface area (Å²) in [5.74, 6) is 0. The van der Waals surface area contributed by atoms with E-state index >= 15 is 0 Å². The number of hydrogen-bond donors (Lipinski definition) is 2. The van der Waals surface area contributed by atoms with Gasteiger partial charge in [0.15, 0.2) is 0 Å². The molecule has 0 bridgehead atoms. The third-order valence-electron chi connectivity index (χ3n) is 4.49. The van der Waals surface area contributed by atoms with Gasteiger partial charge in [-0.15, -0.1) is 0 Å². The van der Waals surface area contributed by atoms with Crippen LogP contribution in [0.25, 0.3) is 11.0 Å². The van der Waals surface area contributed by atoms with Crippen molar-refractivity contribution in [3.8, 4) is 0 Å². The van der Waals surface area contributed by atoms with E-state index in [4.69, 9.17) is 0 Å². The average Bonchev–Trinajstić information content (AvgIpc) is 2.84. The number of aromatic amines is 1. The summed E-state index contributed by atoms with van der Waals surface area (Å²) in [4.78, 5) is 17.4. The molecule has 3 rings (SSSR count). The number of rotatable bonds is 4. The molecule has 1 aromatic heterocycles. The number of H-pyrrole nitrogens is 1. The molecular formula is C16H23N3O2. The fourth-order valence-corrected chi connectivity index (χ4v) is 3.22. The summed E-state index contributed by atoms with van der Waals surface area (Å²) in [6.45, 7) is 4.62. The van der Waals surface area contributed by atoms with Gasteiger partial charge in [0.1, 0.15) is 0 Å². The van der Waals surface area contributed by atoms with Gasteiger partial charge in [-0.1, -0.05) is 19.1 Å². The Balaban J connectivity index is 1.74. The Labute approximate surface area is 124 Å². The Morgan fingerprint density at radius 2 is 2.05 bits per heavy atom. The van der Waals surface area contributed by atoms with Gasteiger partial charge in [-0.3, -0.25) is 4.57 Å². The molecule has 1 aromatic carbocycles. The molecule has 0 spiro atoms. The van der Waals surface area contributed by atoms with Crippen molar-refractivity contribution in [3.63, 3.8) is 0 Å². The molecule has 0 radical (unpaired) electrons. The first kappa shape index (κ1) is 14.4. The molecule has 114 valence electrons. The lowest BCUT2D eigenvalue weighted by molar-refractivity contribution is 0.0882. The third kappa shape index (κ3) is 2.89. The van der Waals surface area contributed by atoms with Gasteiger partial charge < -0.3 is 15.0 Å². The number of fused-ring (bicyclic) bond motifs is 1. The standard InChI is InChI=1S/C16H23N3O2/c1-2-13(20)11-18-9-7-12(8-10-18)19-15-6-4-3-5-14(15)17-16(19)21/h3-6,12-13,20H,2,7-11H2,1H3,(H,17,21). The number of aliphatic hydroxyl groups excluding tert-OH is 1. The lowest BCUT2D eigenvalue weighted by atomic mass is 10.0. The maximum atomic E-state index is 12.2. The number of likely N-dealkylation sites (tertiary alicyclic amines) is 1. The van der Waals surface area contributed by atoms with Gasteiger partial charge in [0.2, 0.25) is 0 Å². The van der Waals surface area contributed by atoms with Gasteiger partial charge in [-0.05, 0) is 31.4 Å². The molecule has 1 aliphatic heterocycles. The molecule has 5 nitrogen and oxygen atoms in total. The van der Waals surface area contributed by atoms with E-state index in [-0.39, 0.29) is 17.8 Å². The monoisotopic (exact) mass is 289 g/mol. The fourth-order valence-electron chi connectivity index (χ4n) is 3.22. The largest absolute Gasteiger partial charge is 0.392 e. The van der Waals surface area contributed by atoms with Crippen molar-refractivity contribution < 1.29 is 5.11 Å². The highest BCUT2D eigenvalue weighted by Gasteiger charge is 2.24. The summed E-state index contributed by atoms with van der Waals surface area (Å²) >= 11 is 0. The Kier molecular flexibility index (Phi) is 4.12. The summed E-state index contributed by atoms with van der Waals surface area (Å²) in [6, 6.07) is 8.11. The van der Waals surface area contributed by atoms with E-state index in [0.29, 0.717) is 0 Å². The van der Waals surface area contributed by atoms with Crippen LogP contribution in [-0.4, -0.2) is 45.3 Å². The van der Waals surface area contributed by atoms with E-state index in [1.165, 1.54) is 0 Å². The summed E-state index contributed by atoms with van der Waals surface area (Å²) in [5, 5.41) is 9.74. The second kappa shape index (κ2) is 6.03. The van der Waals surface area contributed by atoms with Gasteiger partial charge in [-0.25, -0.2) is 4.79 Å². The van der Waals surface area contributed by atoms with E-state index in [1.807, 2.05) is 35.8 Å². The van der Waals surface area contributed by atoms with Gasteiger partial charge in [0.05, 0.1) is 17.1 Å². The molecule has 2 heterocycles. The van der Waals surface area contributed by atoms with Gasteiger partial charge in [0, 0.05) is 25.7 Å². The van der Waals surface area contributed by atoms with E-state index < -0.39 is 0 Å².